The summed E-state index contributed by atoms with van der Waals surface area (Å²) in [5, 5.41) is 3.24. The minimum atomic E-state index is -4.07. The van der Waals surface area contributed by atoms with Crippen molar-refractivity contribution in [2.45, 2.75) is 37.9 Å². The molecule has 1 aromatic heterocycles. The van der Waals surface area contributed by atoms with Crippen molar-refractivity contribution in [1.29, 1.82) is 0 Å². The first-order valence-electron chi connectivity index (χ1n) is 6.69. The van der Waals surface area contributed by atoms with E-state index in [0.717, 1.165) is 22.3 Å². The van der Waals surface area contributed by atoms with E-state index in [2.05, 4.69) is 10.3 Å². The number of nitrogens with one attached hydrogen (secondary N) is 1. The van der Waals surface area contributed by atoms with Crippen LogP contribution in [0.4, 0.5) is 18.9 Å². The van der Waals surface area contributed by atoms with Gasteiger partial charge in [0.05, 0.1) is 21.6 Å². The molecule has 3 rings (SSSR count). The van der Waals surface area contributed by atoms with Crippen LogP contribution in [0.2, 0.25) is 0 Å². The standard InChI is InChI=1S/C14H15F3N2S/c15-14(16,17)9-2-1-3-10(6-9)19-11-4-5-12-13(7-11)20-8-18-12/h4-5,7-10,19H,1-3,6H2. The van der Waals surface area contributed by atoms with Crippen LogP contribution < -0.4 is 5.32 Å². The van der Waals surface area contributed by atoms with Crippen LogP contribution in [0.25, 0.3) is 10.2 Å². The number of aromatic nitrogens is 1. The quantitative estimate of drug-likeness (QED) is 0.859. The van der Waals surface area contributed by atoms with Crippen LogP contribution in [-0.4, -0.2) is 17.2 Å². The van der Waals surface area contributed by atoms with Gasteiger partial charge in [0.2, 0.25) is 0 Å². The molecule has 0 amide bonds. The van der Waals surface area contributed by atoms with Crippen LogP contribution in [0.1, 0.15) is 25.7 Å². The molecule has 0 spiro atoms. The molecule has 108 valence electrons. The molecule has 0 radical (unpaired) electrons. The number of rotatable bonds is 2. The molecule has 1 N–H and O–H groups in total. The van der Waals surface area contributed by atoms with Gasteiger partial charge in [0.25, 0.3) is 0 Å². The first kappa shape index (κ1) is 13.7. The topological polar surface area (TPSA) is 24.9 Å². The highest BCUT2D eigenvalue weighted by atomic mass is 32.1. The molecule has 1 heterocycles. The lowest BCUT2D eigenvalue weighted by atomic mass is 9.85. The lowest BCUT2D eigenvalue weighted by Gasteiger charge is -2.31. The van der Waals surface area contributed by atoms with E-state index in [1.165, 1.54) is 11.3 Å². The second-order valence-electron chi connectivity index (χ2n) is 5.28. The Bertz CT molecular complexity index is 593. The Balaban J connectivity index is 1.70. The number of nitrogens with zero attached hydrogens (tertiary/aromatic N) is 1. The van der Waals surface area contributed by atoms with Crippen molar-refractivity contribution in [3.8, 4) is 0 Å². The fourth-order valence-corrected chi connectivity index (χ4v) is 3.52. The SMILES string of the molecule is FC(F)(F)C1CCCC(Nc2ccc3ncsc3c2)C1. The molecule has 2 unspecified atom stereocenters. The molecule has 20 heavy (non-hydrogen) atoms. The third kappa shape index (κ3) is 2.90. The van der Waals surface area contributed by atoms with E-state index in [0.29, 0.717) is 6.42 Å². The summed E-state index contributed by atoms with van der Waals surface area (Å²) in [6.07, 6.45) is -2.21. The number of fused-ring (bicyclic) bond motifs is 1. The maximum Gasteiger partial charge on any atom is 0.391 e. The van der Waals surface area contributed by atoms with Crippen molar-refractivity contribution in [1.82, 2.24) is 4.98 Å². The largest absolute Gasteiger partial charge is 0.391 e. The molecule has 2 aromatic rings. The van der Waals surface area contributed by atoms with Crippen LogP contribution in [-0.2, 0) is 0 Å². The van der Waals surface area contributed by atoms with Crippen molar-refractivity contribution in [2.75, 3.05) is 5.32 Å². The molecule has 1 aliphatic rings. The van der Waals surface area contributed by atoms with Crippen molar-refractivity contribution in [3.05, 3.63) is 23.7 Å². The van der Waals surface area contributed by atoms with Gasteiger partial charge in [-0.15, -0.1) is 11.3 Å². The van der Waals surface area contributed by atoms with Gasteiger partial charge in [0.15, 0.2) is 0 Å². The molecule has 1 aromatic carbocycles. The molecular weight excluding hydrogens is 285 g/mol. The second kappa shape index (κ2) is 5.24. The summed E-state index contributed by atoms with van der Waals surface area (Å²) in [7, 11) is 0. The number of hydrogen-bond donors (Lipinski definition) is 1. The Kier molecular flexibility index (Phi) is 3.58. The van der Waals surface area contributed by atoms with Crippen molar-refractivity contribution >= 4 is 27.2 Å². The summed E-state index contributed by atoms with van der Waals surface area (Å²) in [5.41, 5.74) is 3.58. The number of halogens is 3. The molecule has 1 aliphatic carbocycles. The zero-order valence-electron chi connectivity index (χ0n) is 10.8. The summed E-state index contributed by atoms with van der Waals surface area (Å²) < 4.78 is 39.4. The maximum absolute atomic E-state index is 12.8. The van der Waals surface area contributed by atoms with E-state index < -0.39 is 12.1 Å². The lowest BCUT2D eigenvalue weighted by molar-refractivity contribution is -0.182. The number of hydrogen-bond acceptors (Lipinski definition) is 3. The van der Waals surface area contributed by atoms with Crippen LogP contribution in [0.15, 0.2) is 23.7 Å². The van der Waals surface area contributed by atoms with Crippen molar-refractivity contribution < 1.29 is 13.2 Å². The molecule has 1 saturated carbocycles. The second-order valence-corrected chi connectivity index (χ2v) is 6.17. The number of benzene rings is 1. The van der Waals surface area contributed by atoms with Gasteiger partial charge in [-0.2, -0.15) is 13.2 Å². The summed E-state index contributed by atoms with van der Waals surface area (Å²) in [6.45, 7) is 0. The van der Waals surface area contributed by atoms with Gasteiger partial charge in [-0.25, -0.2) is 4.98 Å². The molecule has 6 heteroatoms. The van der Waals surface area contributed by atoms with Gasteiger partial charge in [-0.3, -0.25) is 0 Å². The Hall–Kier alpha value is -1.30. The zero-order chi connectivity index (χ0) is 14.2. The highest BCUT2D eigenvalue weighted by molar-refractivity contribution is 7.16. The molecule has 1 fully saturated rings. The molecule has 0 bridgehead atoms. The van der Waals surface area contributed by atoms with Gasteiger partial charge in [0, 0.05) is 11.7 Å². The molecule has 2 atom stereocenters. The van der Waals surface area contributed by atoms with E-state index >= 15 is 0 Å². The third-order valence-electron chi connectivity index (χ3n) is 3.84. The van der Waals surface area contributed by atoms with Crippen molar-refractivity contribution in [2.24, 2.45) is 5.92 Å². The van der Waals surface area contributed by atoms with Gasteiger partial charge >= 0.3 is 6.18 Å². The first-order chi connectivity index (χ1) is 9.52. The predicted molar refractivity (Wildman–Crippen MR) is 75.0 cm³/mol. The minimum absolute atomic E-state index is 0.0965. The monoisotopic (exact) mass is 300 g/mol. The Morgan fingerprint density at radius 2 is 2.10 bits per heavy atom. The van der Waals surface area contributed by atoms with E-state index in [9.17, 15) is 13.2 Å². The van der Waals surface area contributed by atoms with Gasteiger partial charge in [-0.05, 0) is 37.5 Å². The van der Waals surface area contributed by atoms with E-state index in [4.69, 9.17) is 0 Å². The summed E-state index contributed by atoms with van der Waals surface area (Å²) in [6, 6.07) is 5.66. The summed E-state index contributed by atoms with van der Waals surface area (Å²) in [5.74, 6) is -1.17. The van der Waals surface area contributed by atoms with Crippen LogP contribution in [0.3, 0.4) is 0 Å². The van der Waals surface area contributed by atoms with Crippen LogP contribution in [0.5, 0.6) is 0 Å². The normalized spacial score (nSPS) is 23.9. The molecular formula is C14H15F3N2S. The van der Waals surface area contributed by atoms with Gasteiger partial charge in [-0.1, -0.05) is 6.42 Å². The average Bonchev–Trinajstić information content (AvgIpc) is 2.85. The summed E-state index contributed by atoms with van der Waals surface area (Å²) >= 11 is 1.54. The lowest BCUT2D eigenvalue weighted by Crippen LogP contribution is -2.34. The van der Waals surface area contributed by atoms with Crippen LogP contribution in [0, 0.1) is 5.92 Å². The van der Waals surface area contributed by atoms with E-state index in [1.54, 1.807) is 5.51 Å². The molecule has 0 aliphatic heterocycles. The average molecular weight is 300 g/mol. The Morgan fingerprint density at radius 3 is 2.90 bits per heavy atom. The smallest absolute Gasteiger partial charge is 0.382 e. The fourth-order valence-electron chi connectivity index (χ4n) is 2.80. The third-order valence-corrected chi connectivity index (χ3v) is 4.63. The number of thiazole rings is 1. The number of anilines is 1. The van der Waals surface area contributed by atoms with Crippen LogP contribution >= 0.6 is 11.3 Å². The summed E-state index contributed by atoms with van der Waals surface area (Å²) in [4.78, 5) is 4.19. The first-order valence-corrected chi connectivity index (χ1v) is 7.57. The fraction of sp³-hybridized carbons (Fsp3) is 0.500. The molecule has 0 saturated heterocycles. The highest BCUT2D eigenvalue weighted by Crippen LogP contribution is 2.38. The predicted octanol–water partition coefficient (Wildman–Crippen LogP) is 4.83. The van der Waals surface area contributed by atoms with Crippen molar-refractivity contribution in [3.63, 3.8) is 0 Å². The Labute approximate surface area is 119 Å². The number of alkyl halides is 3. The van der Waals surface area contributed by atoms with Gasteiger partial charge in [0.1, 0.15) is 0 Å². The Morgan fingerprint density at radius 1 is 1.25 bits per heavy atom. The maximum atomic E-state index is 12.8. The van der Waals surface area contributed by atoms with E-state index in [-0.39, 0.29) is 18.9 Å². The van der Waals surface area contributed by atoms with Gasteiger partial charge < -0.3 is 5.32 Å². The molecule has 2 nitrogen and oxygen atoms in total. The minimum Gasteiger partial charge on any atom is -0.382 e. The van der Waals surface area contributed by atoms with E-state index in [1.807, 2.05) is 18.2 Å². The zero-order valence-corrected chi connectivity index (χ0v) is 11.6. The highest BCUT2D eigenvalue weighted by Gasteiger charge is 2.42.